The summed E-state index contributed by atoms with van der Waals surface area (Å²) in [6.07, 6.45) is -0.495. The van der Waals surface area contributed by atoms with Crippen molar-refractivity contribution in [2.24, 2.45) is 5.92 Å². The first-order valence-electron chi connectivity index (χ1n) is 12.2. The molecule has 3 rings (SSSR count). The molecule has 1 N–H and O–H groups in total. The highest BCUT2D eigenvalue weighted by Gasteiger charge is 2.23. The molecular formula is C28H39N3O4. The van der Waals surface area contributed by atoms with Gasteiger partial charge in [-0.3, -0.25) is 4.90 Å². The minimum Gasteiger partial charge on any atom is -0.497 e. The average molecular weight is 482 g/mol. The third-order valence-electron chi connectivity index (χ3n) is 5.51. The Hall–Kier alpha value is -2.87. The van der Waals surface area contributed by atoms with Crippen molar-refractivity contribution in [1.29, 1.82) is 0 Å². The number of aromatic nitrogens is 2. The summed E-state index contributed by atoms with van der Waals surface area (Å²) in [7, 11) is 1.64. The van der Waals surface area contributed by atoms with Gasteiger partial charge >= 0.3 is 0 Å². The molecule has 1 atom stereocenters. The van der Waals surface area contributed by atoms with Crippen LogP contribution in [0.3, 0.4) is 0 Å². The molecule has 0 spiro atoms. The van der Waals surface area contributed by atoms with E-state index < -0.39 is 6.10 Å². The van der Waals surface area contributed by atoms with Gasteiger partial charge in [-0.15, -0.1) is 0 Å². The molecule has 0 fully saturated rings. The lowest BCUT2D eigenvalue weighted by Gasteiger charge is -2.27. The second kappa shape index (κ2) is 12.7. The Morgan fingerprint density at radius 3 is 2.20 bits per heavy atom. The molecule has 0 aliphatic rings. The van der Waals surface area contributed by atoms with Crippen molar-refractivity contribution >= 4 is 0 Å². The van der Waals surface area contributed by atoms with E-state index in [0.29, 0.717) is 37.2 Å². The monoisotopic (exact) mass is 481 g/mol. The molecule has 3 aromatic rings. The normalized spacial score (nSPS) is 12.5. The number of nitrogens with zero attached hydrogens (tertiary/aromatic N) is 3. The van der Waals surface area contributed by atoms with Gasteiger partial charge in [0.15, 0.2) is 0 Å². The molecule has 0 unspecified atom stereocenters. The Labute approximate surface area is 209 Å². The number of aryl methyl sites for hydroxylation is 1. The second-order valence-electron chi connectivity index (χ2n) is 9.52. The van der Waals surface area contributed by atoms with Crippen LogP contribution in [-0.4, -0.2) is 58.8 Å². The summed E-state index contributed by atoms with van der Waals surface area (Å²) in [6.45, 7) is 12.6. The molecule has 1 heterocycles. The van der Waals surface area contributed by atoms with Crippen LogP contribution < -0.4 is 9.47 Å². The summed E-state index contributed by atoms with van der Waals surface area (Å²) in [5.74, 6) is 2.57. The van der Waals surface area contributed by atoms with E-state index in [0.717, 1.165) is 29.2 Å². The molecule has 0 bridgehead atoms. The molecule has 190 valence electrons. The number of methoxy groups -OCH3 is 1. The zero-order valence-electron chi connectivity index (χ0n) is 21.8. The summed E-state index contributed by atoms with van der Waals surface area (Å²) in [5, 5.41) is 15.5. The molecule has 7 nitrogen and oxygen atoms in total. The van der Waals surface area contributed by atoms with Gasteiger partial charge in [-0.25, -0.2) is 4.68 Å². The third kappa shape index (κ3) is 7.82. The topological polar surface area (TPSA) is 69.0 Å². The Morgan fingerprint density at radius 1 is 0.943 bits per heavy atom. The van der Waals surface area contributed by atoms with Crippen LogP contribution in [0.2, 0.25) is 0 Å². The molecule has 0 amide bonds. The van der Waals surface area contributed by atoms with E-state index in [2.05, 4.69) is 18.7 Å². The van der Waals surface area contributed by atoms with Gasteiger partial charge < -0.3 is 19.3 Å². The summed E-state index contributed by atoms with van der Waals surface area (Å²) in [4.78, 5) is 2.25. The average Bonchev–Trinajstić information content (AvgIpc) is 3.13. The van der Waals surface area contributed by atoms with Crippen LogP contribution in [0.15, 0.2) is 54.6 Å². The van der Waals surface area contributed by atoms with E-state index in [9.17, 15) is 5.11 Å². The SMILES string of the molecule is COc1ccc(Oc2c(CN(CC(C)C)C[C@H](O)COC(C)C)c(C)nn2-c2ccccc2)cc1. The standard InChI is InChI=1S/C28H39N3O4/c1-20(2)16-30(17-24(32)19-34-21(3)4)18-27-22(5)29-31(23-10-8-7-9-11-23)28(27)35-26-14-12-25(33-6)13-15-26/h7-15,20-21,24,32H,16-19H2,1-6H3/t24-/m0/s1. The summed E-state index contributed by atoms with van der Waals surface area (Å²) < 4.78 is 19.2. The number of ether oxygens (including phenoxy) is 3. The predicted octanol–water partition coefficient (Wildman–Crippen LogP) is 5.23. The number of hydrogen-bond donors (Lipinski definition) is 1. The van der Waals surface area contributed by atoms with Gasteiger partial charge in [-0.1, -0.05) is 32.0 Å². The Morgan fingerprint density at radius 2 is 1.60 bits per heavy atom. The number of aliphatic hydroxyl groups excluding tert-OH is 1. The summed E-state index contributed by atoms with van der Waals surface area (Å²) >= 11 is 0. The van der Waals surface area contributed by atoms with Crippen LogP contribution >= 0.6 is 0 Å². The second-order valence-corrected chi connectivity index (χ2v) is 9.52. The van der Waals surface area contributed by atoms with Crippen LogP contribution in [0.4, 0.5) is 0 Å². The molecule has 0 saturated carbocycles. The van der Waals surface area contributed by atoms with E-state index in [1.54, 1.807) is 7.11 Å². The molecule has 7 heteroatoms. The van der Waals surface area contributed by atoms with Crippen molar-refractivity contribution < 1.29 is 19.3 Å². The molecule has 2 aromatic carbocycles. The first-order valence-corrected chi connectivity index (χ1v) is 12.2. The Kier molecular flexibility index (Phi) is 9.72. The maximum atomic E-state index is 10.6. The maximum absolute atomic E-state index is 10.6. The molecule has 35 heavy (non-hydrogen) atoms. The summed E-state index contributed by atoms with van der Waals surface area (Å²) in [6, 6.07) is 17.5. The molecule has 0 aliphatic heterocycles. The van der Waals surface area contributed by atoms with Gasteiger partial charge in [0.2, 0.25) is 5.88 Å². The fourth-order valence-corrected chi connectivity index (χ4v) is 3.92. The minimum absolute atomic E-state index is 0.0825. The number of benzene rings is 2. The van der Waals surface area contributed by atoms with Crippen LogP contribution in [0.1, 0.15) is 39.0 Å². The van der Waals surface area contributed by atoms with Gasteiger partial charge in [-0.2, -0.15) is 5.10 Å². The third-order valence-corrected chi connectivity index (χ3v) is 5.51. The highest BCUT2D eigenvalue weighted by atomic mass is 16.5. The largest absolute Gasteiger partial charge is 0.497 e. The van der Waals surface area contributed by atoms with Crippen LogP contribution in [0, 0.1) is 12.8 Å². The van der Waals surface area contributed by atoms with Crippen molar-refractivity contribution in [3.05, 3.63) is 65.9 Å². The lowest BCUT2D eigenvalue weighted by molar-refractivity contribution is -0.0109. The lowest BCUT2D eigenvalue weighted by atomic mass is 10.1. The highest BCUT2D eigenvalue weighted by Crippen LogP contribution is 2.32. The summed E-state index contributed by atoms with van der Waals surface area (Å²) in [5.41, 5.74) is 2.80. The molecular weight excluding hydrogens is 442 g/mol. The van der Waals surface area contributed by atoms with Gasteiger partial charge in [0.1, 0.15) is 11.5 Å². The smallest absolute Gasteiger partial charge is 0.227 e. The fraction of sp³-hybridized carbons (Fsp3) is 0.464. The number of para-hydroxylation sites is 1. The van der Waals surface area contributed by atoms with Crippen molar-refractivity contribution in [3.8, 4) is 23.1 Å². The predicted molar refractivity (Wildman–Crippen MR) is 139 cm³/mol. The van der Waals surface area contributed by atoms with E-state index >= 15 is 0 Å². The van der Waals surface area contributed by atoms with Crippen molar-refractivity contribution in [1.82, 2.24) is 14.7 Å². The fourth-order valence-electron chi connectivity index (χ4n) is 3.92. The van der Waals surface area contributed by atoms with Gasteiger partial charge in [0, 0.05) is 19.6 Å². The number of rotatable bonds is 13. The quantitative estimate of drug-likeness (QED) is 0.361. The zero-order valence-corrected chi connectivity index (χ0v) is 21.8. The van der Waals surface area contributed by atoms with E-state index in [-0.39, 0.29) is 6.10 Å². The number of hydrogen-bond acceptors (Lipinski definition) is 6. The van der Waals surface area contributed by atoms with Gasteiger partial charge in [-0.05, 0) is 63.1 Å². The van der Waals surface area contributed by atoms with Gasteiger partial charge in [0.05, 0.1) is 42.9 Å². The van der Waals surface area contributed by atoms with Gasteiger partial charge in [0.25, 0.3) is 0 Å². The van der Waals surface area contributed by atoms with Crippen LogP contribution in [-0.2, 0) is 11.3 Å². The first kappa shape index (κ1) is 26.7. The van der Waals surface area contributed by atoms with E-state index in [1.807, 2.05) is 80.1 Å². The van der Waals surface area contributed by atoms with Crippen LogP contribution in [0.5, 0.6) is 17.4 Å². The Balaban J connectivity index is 1.94. The molecule has 0 aliphatic carbocycles. The molecule has 0 saturated heterocycles. The van der Waals surface area contributed by atoms with Crippen molar-refractivity contribution in [3.63, 3.8) is 0 Å². The Bertz CT molecular complexity index is 1030. The van der Waals surface area contributed by atoms with E-state index in [4.69, 9.17) is 19.3 Å². The highest BCUT2D eigenvalue weighted by molar-refractivity contribution is 5.44. The lowest BCUT2D eigenvalue weighted by Crippen LogP contribution is -2.37. The van der Waals surface area contributed by atoms with Crippen LogP contribution in [0.25, 0.3) is 5.69 Å². The van der Waals surface area contributed by atoms with Crippen molar-refractivity contribution in [2.75, 3.05) is 26.8 Å². The van der Waals surface area contributed by atoms with Crippen molar-refractivity contribution in [2.45, 2.75) is 53.4 Å². The number of aliphatic hydroxyl groups is 1. The minimum atomic E-state index is -0.577. The molecule has 0 radical (unpaired) electrons. The zero-order chi connectivity index (χ0) is 25.4. The first-order chi connectivity index (χ1) is 16.8. The molecule has 1 aromatic heterocycles. The maximum Gasteiger partial charge on any atom is 0.227 e. The van der Waals surface area contributed by atoms with E-state index in [1.165, 1.54) is 0 Å².